The minimum atomic E-state index is -0.970. The van der Waals surface area contributed by atoms with Gasteiger partial charge in [0.2, 0.25) is 0 Å². The molecule has 2 aromatic rings. The van der Waals surface area contributed by atoms with Crippen LogP contribution in [0.3, 0.4) is 0 Å². The van der Waals surface area contributed by atoms with E-state index in [1.807, 2.05) is 12.1 Å². The summed E-state index contributed by atoms with van der Waals surface area (Å²) in [5, 5.41) is 10.5. The Morgan fingerprint density at radius 2 is 2.14 bits per heavy atom. The van der Waals surface area contributed by atoms with Crippen LogP contribution in [0.1, 0.15) is 31.9 Å². The van der Waals surface area contributed by atoms with Gasteiger partial charge in [-0.05, 0) is 24.0 Å². The Kier molecular flexibility index (Phi) is 4.73. The Bertz CT molecular complexity index is 698. The highest BCUT2D eigenvalue weighted by atomic mass is 35.5. The van der Waals surface area contributed by atoms with E-state index in [4.69, 9.17) is 16.7 Å². The molecule has 0 aliphatic heterocycles. The Labute approximate surface area is 129 Å². The first-order chi connectivity index (χ1) is 9.95. The van der Waals surface area contributed by atoms with Crippen LogP contribution in [0.2, 0.25) is 5.15 Å². The second kappa shape index (κ2) is 6.35. The molecule has 0 aliphatic rings. The fourth-order valence-electron chi connectivity index (χ4n) is 2.62. The minimum Gasteiger partial charge on any atom is -0.478 e. The van der Waals surface area contributed by atoms with Crippen LogP contribution in [0.5, 0.6) is 0 Å². The van der Waals surface area contributed by atoms with Gasteiger partial charge in [0.15, 0.2) is 0 Å². The van der Waals surface area contributed by atoms with E-state index in [9.17, 15) is 4.79 Å². The van der Waals surface area contributed by atoms with E-state index in [1.54, 1.807) is 6.08 Å². The first-order valence-electron chi connectivity index (χ1n) is 7.16. The molecule has 112 valence electrons. The third-order valence-electron chi connectivity index (χ3n) is 3.46. The first-order valence-corrected chi connectivity index (χ1v) is 7.54. The second-order valence-electron chi connectivity index (χ2n) is 5.55. The summed E-state index contributed by atoms with van der Waals surface area (Å²) in [4.78, 5) is 10.8. The topological polar surface area (TPSA) is 42.2 Å². The molecule has 0 unspecified atom stereocenters. The lowest BCUT2D eigenvalue weighted by Crippen LogP contribution is -2.05. The minimum absolute atomic E-state index is 0.458. The Morgan fingerprint density at radius 1 is 1.43 bits per heavy atom. The number of aliphatic carboxylic acids is 1. The molecule has 21 heavy (non-hydrogen) atoms. The van der Waals surface area contributed by atoms with Gasteiger partial charge in [0.05, 0.1) is 5.52 Å². The van der Waals surface area contributed by atoms with Crippen molar-refractivity contribution in [1.29, 1.82) is 0 Å². The molecule has 1 aromatic heterocycles. The largest absolute Gasteiger partial charge is 0.478 e. The lowest BCUT2D eigenvalue weighted by molar-refractivity contribution is -0.131. The molecular weight excluding hydrogens is 286 g/mol. The van der Waals surface area contributed by atoms with E-state index >= 15 is 0 Å². The summed E-state index contributed by atoms with van der Waals surface area (Å²) in [6.07, 6.45) is 3.64. The zero-order valence-corrected chi connectivity index (χ0v) is 13.3. The molecule has 4 heteroatoms. The van der Waals surface area contributed by atoms with Crippen molar-refractivity contribution in [3.8, 4) is 0 Å². The standard InChI is InChI=1S/C17H20ClNO2/c1-4-12-6-5-7-13-14(8-9-15(20)21)17(18)19(16(12)13)10-11(2)3/h5-9,11H,4,10H2,1-3H3,(H,20,21)/b9-8+. The third-order valence-corrected chi connectivity index (χ3v) is 3.87. The summed E-state index contributed by atoms with van der Waals surface area (Å²) >= 11 is 6.53. The van der Waals surface area contributed by atoms with Crippen molar-refractivity contribution in [3.05, 3.63) is 40.6 Å². The molecule has 0 radical (unpaired) electrons. The van der Waals surface area contributed by atoms with E-state index in [2.05, 4.69) is 31.4 Å². The number of benzene rings is 1. The van der Waals surface area contributed by atoms with Gasteiger partial charge >= 0.3 is 5.97 Å². The van der Waals surface area contributed by atoms with Gasteiger partial charge in [-0.25, -0.2) is 4.79 Å². The highest BCUT2D eigenvalue weighted by Crippen LogP contribution is 2.34. The van der Waals surface area contributed by atoms with Gasteiger partial charge in [-0.1, -0.05) is 50.6 Å². The Balaban J connectivity index is 2.75. The average molecular weight is 306 g/mol. The number of halogens is 1. The Hall–Kier alpha value is -1.74. The number of aryl methyl sites for hydroxylation is 1. The SMILES string of the molecule is CCc1cccc2c(/C=C/C(=O)O)c(Cl)n(CC(C)C)c12. The second-order valence-corrected chi connectivity index (χ2v) is 5.91. The van der Waals surface area contributed by atoms with Crippen molar-refractivity contribution in [1.82, 2.24) is 4.57 Å². The number of carboxylic acid groups (broad SMARTS) is 1. The van der Waals surface area contributed by atoms with Gasteiger partial charge < -0.3 is 9.67 Å². The number of rotatable bonds is 5. The quantitative estimate of drug-likeness (QED) is 0.820. The van der Waals surface area contributed by atoms with Crippen molar-refractivity contribution in [3.63, 3.8) is 0 Å². The lowest BCUT2D eigenvalue weighted by Gasteiger charge is -2.12. The third kappa shape index (κ3) is 3.13. The highest BCUT2D eigenvalue weighted by molar-refractivity contribution is 6.33. The fraction of sp³-hybridized carbons (Fsp3) is 0.353. The van der Waals surface area contributed by atoms with Crippen molar-refractivity contribution in [2.45, 2.75) is 33.7 Å². The number of para-hydroxylation sites is 1. The smallest absolute Gasteiger partial charge is 0.328 e. The van der Waals surface area contributed by atoms with Crippen LogP contribution in [0.15, 0.2) is 24.3 Å². The number of carbonyl (C=O) groups is 1. The highest BCUT2D eigenvalue weighted by Gasteiger charge is 2.16. The van der Waals surface area contributed by atoms with Crippen LogP contribution in [0, 0.1) is 5.92 Å². The molecule has 3 nitrogen and oxygen atoms in total. The fourth-order valence-corrected chi connectivity index (χ4v) is 2.94. The van der Waals surface area contributed by atoms with Gasteiger partial charge in [0.25, 0.3) is 0 Å². The predicted molar refractivity (Wildman–Crippen MR) is 87.8 cm³/mol. The number of hydrogen-bond donors (Lipinski definition) is 1. The maximum absolute atomic E-state index is 10.8. The first kappa shape index (κ1) is 15.6. The number of carboxylic acids is 1. The zero-order chi connectivity index (χ0) is 15.6. The maximum Gasteiger partial charge on any atom is 0.328 e. The van der Waals surface area contributed by atoms with Crippen molar-refractivity contribution in [2.24, 2.45) is 5.92 Å². The van der Waals surface area contributed by atoms with Crippen LogP contribution in [-0.4, -0.2) is 15.6 Å². The summed E-state index contributed by atoms with van der Waals surface area (Å²) < 4.78 is 2.10. The van der Waals surface area contributed by atoms with Crippen LogP contribution < -0.4 is 0 Å². The van der Waals surface area contributed by atoms with Gasteiger partial charge in [0.1, 0.15) is 5.15 Å². The summed E-state index contributed by atoms with van der Waals surface area (Å²) in [7, 11) is 0. The number of hydrogen-bond acceptors (Lipinski definition) is 1. The molecule has 0 fully saturated rings. The molecule has 0 bridgehead atoms. The van der Waals surface area contributed by atoms with Gasteiger partial charge in [-0.3, -0.25) is 0 Å². The zero-order valence-electron chi connectivity index (χ0n) is 12.6. The molecule has 0 saturated carbocycles. The molecular formula is C17H20ClNO2. The summed E-state index contributed by atoms with van der Waals surface area (Å²) in [6.45, 7) is 7.21. The van der Waals surface area contributed by atoms with E-state index < -0.39 is 5.97 Å². The predicted octanol–water partition coefficient (Wildman–Crippen LogP) is 4.61. The molecule has 1 heterocycles. The molecule has 0 atom stereocenters. The van der Waals surface area contributed by atoms with E-state index in [1.165, 1.54) is 5.56 Å². The summed E-state index contributed by atoms with van der Waals surface area (Å²) in [5.41, 5.74) is 3.12. The van der Waals surface area contributed by atoms with Gasteiger partial charge in [-0.15, -0.1) is 0 Å². The number of nitrogens with zero attached hydrogens (tertiary/aromatic N) is 1. The van der Waals surface area contributed by atoms with E-state index in [0.29, 0.717) is 11.1 Å². The number of fused-ring (bicyclic) bond motifs is 1. The van der Waals surface area contributed by atoms with Crippen LogP contribution in [0.4, 0.5) is 0 Å². The average Bonchev–Trinajstić information content (AvgIpc) is 2.69. The molecule has 0 spiro atoms. The molecule has 0 saturated heterocycles. The van der Waals surface area contributed by atoms with E-state index in [-0.39, 0.29) is 0 Å². The summed E-state index contributed by atoms with van der Waals surface area (Å²) in [6, 6.07) is 6.09. The number of aromatic nitrogens is 1. The Morgan fingerprint density at radius 3 is 2.71 bits per heavy atom. The van der Waals surface area contributed by atoms with Gasteiger partial charge in [0, 0.05) is 23.6 Å². The van der Waals surface area contributed by atoms with Crippen molar-refractivity contribution in [2.75, 3.05) is 0 Å². The molecule has 0 amide bonds. The van der Waals surface area contributed by atoms with Crippen molar-refractivity contribution < 1.29 is 9.90 Å². The maximum atomic E-state index is 10.8. The molecule has 0 aliphatic carbocycles. The molecule has 1 N–H and O–H groups in total. The van der Waals surface area contributed by atoms with Crippen LogP contribution in [0.25, 0.3) is 17.0 Å². The van der Waals surface area contributed by atoms with Gasteiger partial charge in [-0.2, -0.15) is 0 Å². The van der Waals surface area contributed by atoms with E-state index in [0.717, 1.165) is 35.5 Å². The van der Waals surface area contributed by atoms with Crippen molar-refractivity contribution >= 4 is 34.5 Å². The normalized spacial score (nSPS) is 11.9. The monoisotopic (exact) mass is 305 g/mol. The van der Waals surface area contributed by atoms with Crippen LogP contribution >= 0.6 is 11.6 Å². The molecule has 1 aromatic carbocycles. The van der Waals surface area contributed by atoms with Crippen LogP contribution in [-0.2, 0) is 17.8 Å². The lowest BCUT2D eigenvalue weighted by atomic mass is 10.1. The summed E-state index contributed by atoms with van der Waals surface area (Å²) in [5.74, 6) is -0.512. The molecule has 2 rings (SSSR count).